The monoisotopic (exact) mass is 274 g/mol. The molecule has 0 atom stereocenters. The van der Waals surface area contributed by atoms with Crippen molar-refractivity contribution in [2.24, 2.45) is 0 Å². The van der Waals surface area contributed by atoms with Gasteiger partial charge < -0.3 is 4.74 Å². The Balaban J connectivity index is 2.36. The van der Waals surface area contributed by atoms with Crippen LogP contribution in [0.5, 0.6) is 0 Å². The zero-order valence-corrected chi connectivity index (χ0v) is 11.2. The molecule has 1 heterocycles. The quantitative estimate of drug-likeness (QED) is 0.834. The van der Waals surface area contributed by atoms with Crippen LogP contribution in [0.2, 0.25) is 0 Å². The van der Waals surface area contributed by atoms with Gasteiger partial charge in [0.25, 0.3) is 5.56 Å². The second-order valence-electron chi connectivity index (χ2n) is 4.39. The molecule has 0 fully saturated rings. The molecular formula is C14H14N2O4. The van der Waals surface area contributed by atoms with Crippen molar-refractivity contribution >= 4 is 5.97 Å². The molecule has 104 valence electrons. The Kier molecular flexibility index (Phi) is 3.84. The molecule has 0 aliphatic rings. The molecule has 0 saturated carbocycles. The lowest BCUT2D eigenvalue weighted by Crippen LogP contribution is -2.31. The summed E-state index contributed by atoms with van der Waals surface area (Å²) < 4.78 is 6.03. The highest BCUT2D eigenvalue weighted by Gasteiger charge is 2.07. The molecule has 1 aromatic heterocycles. The van der Waals surface area contributed by atoms with E-state index in [1.165, 1.54) is 17.9 Å². The van der Waals surface area contributed by atoms with E-state index >= 15 is 0 Å². The third kappa shape index (κ3) is 2.85. The number of esters is 1. The predicted octanol–water partition coefficient (Wildman–Crippen LogP) is 0.680. The van der Waals surface area contributed by atoms with E-state index in [2.05, 4.69) is 9.72 Å². The van der Waals surface area contributed by atoms with Gasteiger partial charge in [-0.25, -0.2) is 9.59 Å². The third-order valence-corrected chi connectivity index (χ3v) is 2.89. The molecule has 0 aliphatic carbocycles. The van der Waals surface area contributed by atoms with Crippen molar-refractivity contribution in [1.29, 1.82) is 0 Å². The Hall–Kier alpha value is -2.63. The van der Waals surface area contributed by atoms with Gasteiger partial charge in [-0.3, -0.25) is 14.3 Å². The van der Waals surface area contributed by atoms with E-state index in [-0.39, 0.29) is 6.54 Å². The highest BCUT2D eigenvalue weighted by Crippen LogP contribution is 2.07. The van der Waals surface area contributed by atoms with Crippen LogP contribution < -0.4 is 11.2 Å². The number of hydrogen-bond donors (Lipinski definition) is 1. The second kappa shape index (κ2) is 5.56. The lowest BCUT2D eigenvalue weighted by atomic mass is 10.1. The van der Waals surface area contributed by atoms with Crippen LogP contribution in [0, 0.1) is 6.92 Å². The lowest BCUT2D eigenvalue weighted by Gasteiger charge is -2.07. The maximum atomic E-state index is 11.7. The first-order valence-electron chi connectivity index (χ1n) is 5.99. The molecule has 2 rings (SSSR count). The maximum absolute atomic E-state index is 11.7. The van der Waals surface area contributed by atoms with Gasteiger partial charge in [0.15, 0.2) is 0 Å². The summed E-state index contributed by atoms with van der Waals surface area (Å²) in [5, 5.41) is 0. The summed E-state index contributed by atoms with van der Waals surface area (Å²) in [6.07, 6.45) is 1.49. The molecule has 0 saturated heterocycles. The minimum absolute atomic E-state index is 0.265. The highest BCUT2D eigenvalue weighted by molar-refractivity contribution is 5.89. The minimum Gasteiger partial charge on any atom is -0.465 e. The number of aromatic amines is 1. The van der Waals surface area contributed by atoms with Crippen LogP contribution in [-0.2, 0) is 11.3 Å². The van der Waals surface area contributed by atoms with E-state index in [4.69, 9.17) is 0 Å². The van der Waals surface area contributed by atoms with Gasteiger partial charge in [-0.05, 0) is 24.6 Å². The molecule has 20 heavy (non-hydrogen) atoms. The topological polar surface area (TPSA) is 81.2 Å². The molecule has 0 amide bonds. The Labute approximate surface area is 114 Å². The number of methoxy groups -OCH3 is 1. The minimum atomic E-state index is -0.482. The van der Waals surface area contributed by atoms with Gasteiger partial charge in [0.2, 0.25) is 0 Å². The van der Waals surface area contributed by atoms with Gasteiger partial charge in [0, 0.05) is 11.8 Å². The van der Waals surface area contributed by atoms with Crippen molar-refractivity contribution in [3.63, 3.8) is 0 Å². The van der Waals surface area contributed by atoms with Gasteiger partial charge in [-0.1, -0.05) is 12.1 Å². The number of nitrogens with one attached hydrogen (secondary N) is 1. The van der Waals surface area contributed by atoms with Gasteiger partial charge in [0.1, 0.15) is 0 Å². The smallest absolute Gasteiger partial charge is 0.337 e. The number of benzene rings is 1. The Morgan fingerprint density at radius 3 is 2.80 bits per heavy atom. The highest BCUT2D eigenvalue weighted by atomic mass is 16.5. The van der Waals surface area contributed by atoms with E-state index in [0.29, 0.717) is 11.1 Å². The fraction of sp³-hybridized carbons (Fsp3) is 0.214. The maximum Gasteiger partial charge on any atom is 0.337 e. The third-order valence-electron chi connectivity index (χ3n) is 2.89. The van der Waals surface area contributed by atoms with Gasteiger partial charge in [-0.15, -0.1) is 0 Å². The average Bonchev–Trinajstić information content (AvgIpc) is 2.44. The van der Waals surface area contributed by atoms with Crippen molar-refractivity contribution in [3.8, 4) is 0 Å². The van der Waals surface area contributed by atoms with E-state index in [1.807, 2.05) is 0 Å². The summed E-state index contributed by atoms with van der Waals surface area (Å²) in [5.74, 6) is -0.433. The zero-order valence-electron chi connectivity index (χ0n) is 11.2. The molecular weight excluding hydrogens is 260 g/mol. The summed E-state index contributed by atoms with van der Waals surface area (Å²) >= 11 is 0. The summed E-state index contributed by atoms with van der Waals surface area (Å²) in [5.41, 5.74) is 0.757. The van der Waals surface area contributed by atoms with Crippen LogP contribution >= 0.6 is 0 Å². The Morgan fingerprint density at radius 2 is 2.10 bits per heavy atom. The van der Waals surface area contributed by atoms with Crippen molar-refractivity contribution < 1.29 is 9.53 Å². The van der Waals surface area contributed by atoms with Crippen LogP contribution in [-0.4, -0.2) is 22.6 Å². The number of aromatic nitrogens is 2. The molecule has 0 bridgehead atoms. The van der Waals surface area contributed by atoms with Crippen LogP contribution in [0.25, 0.3) is 0 Å². The molecule has 2 aromatic rings. The first-order chi connectivity index (χ1) is 9.51. The number of rotatable bonds is 3. The number of carbonyl (C=O) groups is 1. The Morgan fingerprint density at radius 1 is 1.35 bits per heavy atom. The fourth-order valence-electron chi connectivity index (χ4n) is 1.85. The van der Waals surface area contributed by atoms with E-state index in [9.17, 15) is 14.4 Å². The summed E-state index contributed by atoms with van der Waals surface area (Å²) in [6.45, 7) is 1.89. The molecule has 1 N–H and O–H groups in total. The number of aryl methyl sites for hydroxylation is 1. The standard InChI is InChI=1S/C14H14N2O4/c1-9-7-16(14(19)15-12(9)17)8-10-4-3-5-11(6-10)13(18)20-2/h3-7H,8H2,1-2H3,(H,15,17,19). The van der Waals surface area contributed by atoms with E-state index in [1.54, 1.807) is 31.2 Å². The number of hydrogen-bond acceptors (Lipinski definition) is 4. The van der Waals surface area contributed by atoms with Crippen molar-refractivity contribution in [1.82, 2.24) is 9.55 Å². The van der Waals surface area contributed by atoms with Gasteiger partial charge >= 0.3 is 11.7 Å². The number of nitrogens with zero attached hydrogens (tertiary/aromatic N) is 1. The molecule has 0 spiro atoms. The summed E-state index contributed by atoms with van der Waals surface area (Å²) in [7, 11) is 1.31. The second-order valence-corrected chi connectivity index (χ2v) is 4.39. The van der Waals surface area contributed by atoms with Crippen LogP contribution in [0.3, 0.4) is 0 Å². The van der Waals surface area contributed by atoms with Crippen LogP contribution in [0.4, 0.5) is 0 Å². The van der Waals surface area contributed by atoms with E-state index in [0.717, 1.165) is 5.56 Å². The Bertz CT molecular complexity index is 758. The van der Waals surface area contributed by atoms with Crippen LogP contribution in [0.15, 0.2) is 40.1 Å². The molecule has 0 radical (unpaired) electrons. The molecule has 1 aromatic carbocycles. The predicted molar refractivity (Wildman–Crippen MR) is 72.9 cm³/mol. The summed E-state index contributed by atoms with van der Waals surface area (Å²) in [4.78, 5) is 36.7. The van der Waals surface area contributed by atoms with Crippen molar-refractivity contribution in [2.45, 2.75) is 13.5 Å². The van der Waals surface area contributed by atoms with Gasteiger partial charge in [-0.2, -0.15) is 0 Å². The first-order valence-corrected chi connectivity index (χ1v) is 5.99. The van der Waals surface area contributed by atoms with Crippen molar-refractivity contribution in [2.75, 3.05) is 7.11 Å². The zero-order chi connectivity index (χ0) is 14.7. The van der Waals surface area contributed by atoms with Crippen LogP contribution in [0.1, 0.15) is 21.5 Å². The van der Waals surface area contributed by atoms with Crippen molar-refractivity contribution in [3.05, 3.63) is 68.0 Å². The lowest BCUT2D eigenvalue weighted by molar-refractivity contribution is 0.0600. The van der Waals surface area contributed by atoms with E-state index < -0.39 is 17.2 Å². The first kappa shape index (κ1) is 13.8. The largest absolute Gasteiger partial charge is 0.465 e. The number of carbonyl (C=O) groups excluding carboxylic acids is 1. The molecule has 0 aliphatic heterocycles. The fourth-order valence-corrected chi connectivity index (χ4v) is 1.85. The molecule has 6 nitrogen and oxygen atoms in total. The molecule has 0 unspecified atom stereocenters. The molecule has 6 heteroatoms. The number of ether oxygens (including phenoxy) is 1. The number of H-pyrrole nitrogens is 1. The average molecular weight is 274 g/mol. The normalized spacial score (nSPS) is 10.3. The SMILES string of the molecule is COC(=O)c1cccc(Cn2cc(C)c(=O)[nH]c2=O)c1. The summed E-state index contributed by atoms with van der Waals surface area (Å²) in [6, 6.07) is 6.79. The van der Waals surface area contributed by atoms with Gasteiger partial charge in [0.05, 0.1) is 19.2 Å².